The first kappa shape index (κ1) is 13.6. The van der Waals surface area contributed by atoms with Crippen LogP contribution in [-0.2, 0) is 6.54 Å². The van der Waals surface area contributed by atoms with Gasteiger partial charge in [0.1, 0.15) is 6.61 Å². The molecule has 0 bridgehead atoms. The maximum absolute atomic E-state index is 8.68. The Morgan fingerprint density at radius 3 is 3.11 bits per heavy atom. The van der Waals surface area contributed by atoms with Gasteiger partial charge in [0.05, 0.1) is 0 Å². The van der Waals surface area contributed by atoms with Crippen molar-refractivity contribution in [3.05, 3.63) is 21.9 Å². The van der Waals surface area contributed by atoms with Gasteiger partial charge in [-0.3, -0.25) is 4.90 Å². The summed E-state index contributed by atoms with van der Waals surface area (Å²) in [6.45, 7) is 6.87. The quantitative estimate of drug-likeness (QED) is 0.829. The molecule has 0 radical (unpaired) electrons. The first-order chi connectivity index (χ1) is 8.70. The number of thiophene rings is 1. The Morgan fingerprint density at radius 1 is 1.50 bits per heavy atom. The number of aliphatic hydroxyl groups is 1. The number of likely N-dealkylation sites (tertiary alicyclic amines) is 1. The number of hydrogen-bond acceptors (Lipinski definition) is 3. The van der Waals surface area contributed by atoms with Gasteiger partial charge >= 0.3 is 0 Å². The third-order valence-electron chi connectivity index (χ3n) is 3.83. The van der Waals surface area contributed by atoms with Gasteiger partial charge in [0, 0.05) is 28.4 Å². The van der Waals surface area contributed by atoms with Crippen molar-refractivity contribution < 1.29 is 5.11 Å². The second kappa shape index (κ2) is 6.38. The van der Waals surface area contributed by atoms with Gasteiger partial charge in [-0.2, -0.15) is 0 Å². The fraction of sp³-hybridized carbons (Fsp3) is 0.600. The molecule has 2 nitrogen and oxygen atoms in total. The van der Waals surface area contributed by atoms with E-state index in [1.807, 2.05) is 0 Å². The largest absolute Gasteiger partial charge is 0.384 e. The summed E-state index contributed by atoms with van der Waals surface area (Å²) in [5, 5.41) is 10.8. The highest BCUT2D eigenvalue weighted by Crippen LogP contribution is 2.26. The Balaban J connectivity index is 1.98. The van der Waals surface area contributed by atoms with Crippen molar-refractivity contribution in [3.8, 4) is 11.8 Å². The van der Waals surface area contributed by atoms with Gasteiger partial charge < -0.3 is 5.11 Å². The molecule has 0 aliphatic carbocycles. The van der Waals surface area contributed by atoms with Gasteiger partial charge in [0.25, 0.3) is 0 Å². The Hall–Kier alpha value is -0.820. The van der Waals surface area contributed by atoms with Crippen molar-refractivity contribution in [2.45, 2.75) is 39.3 Å². The Labute approximate surface area is 114 Å². The van der Waals surface area contributed by atoms with Crippen LogP contribution in [0.15, 0.2) is 11.4 Å². The molecule has 1 aliphatic heterocycles. The normalized spacial score (nSPS) is 24.6. The van der Waals surface area contributed by atoms with Crippen LogP contribution >= 0.6 is 11.3 Å². The Kier molecular flexibility index (Phi) is 4.82. The summed E-state index contributed by atoms with van der Waals surface area (Å²) in [6, 6.07) is 2.83. The van der Waals surface area contributed by atoms with Crippen LogP contribution in [0.25, 0.3) is 0 Å². The number of rotatable bonds is 2. The minimum absolute atomic E-state index is 0.0636. The molecule has 2 heterocycles. The van der Waals surface area contributed by atoms with Crippen LogP contribution < -0.4 is 0 Å². The van der Waals surface area contributed by atoms with Crippen molar-refractivity contribution in [1.82, 2.24) is 4.90 Å². The predicted molar refractivity (Wildman–Crippen MR) is 76.6 cm³/mol. The van der Waals surface area contributed by atoms with E-state index in [-0.39, 0.29) is 6.61 Å². The highest BCUT2D eigenvalue weighted by Gasteiger charge is 2.24. The number of aliphatic hydroxyl groups excluding tert-OH is 1. The molecule has 2 unspecified atom stereocenters. The van der Waals surface area contributed by atoms with Crippen molar-refractivity contribution in [2.75, 3.05) is 13.2 Å². The molecule has 1 aromatic rings. The van der Waals surface area contributed by atoms with Crippen molar-refractivity contribution >= 4 is 11.3 Å². The van der Waals surface area contributed by atoms with E-state index in [9.17, 15) is 0 Å². The molecular weight excluding hydrogens is 242 g/mol. The molecule has 2 atom stereocenters. The zero-order valence-electron chi connectivity index (χ0n) is 11.1. The van der Waals surface area contributed by atoms with E-state index < -0.39 is 0 Å². The molecule has 18 heavy (non-hydrogen) atoms. The average Bonchev–Trinajstić information content (AvgIpc) is 2.80. The summed E-state index contributed by atoms with van der Waals surface area (Å²) in [7, 11) is 0. The molecule has 1 saturated heterocycles. The lowest BCUT2D eigenvalue weighted by molar-refractivity contribution is 0.107. The number of piperidine rings is 1. The second-order valence-corrected chi connectivity index (χ2v) is 6.09. The molecule has 1 aliphatic rings. The molecule has 2 rings (SSSR count). The third kappa shape index (κ3) is 3.35. The van der Waals surface area contributed by atoms with E-state index in [1.165, 1.54) is 24.3 Å². The average molecular weight is 263 g/mol. The molecule has 0 saturated carbocycles. The number of hydrogen-bond donors (Lipinski definition) is 1. The molecule has 0 amide bonds. The molecule has 1 fully saturated rings. The zero-order chi connectivity index (χ0) is 13.0. The first-order valence-corrected chi connectivity index (χ1v) is 7.50. The standard InChI is InChI=1S/C15H21NOS/c1-12-5-3-7-16(13(12)2)10-15-9-14(11-18-15)6-4-8-17/h9,11-13,17H,3,5,7-8,10H2,1-2H3. The van der Waals surface area contributed by atoms with E-state index in [2.05, 4.69) is 42.0 Å². The minimum atomic E-state index is -0.0636. The van der Waals surface area contributed by atoms with Gasteiger partial charge in [-0.05, 0) is 38.3 Å². The highest BCUT2D eigenvalue weighted by atomic mass is 32.1. The summed E-state index contributed by atoms with van der Waals surface area (Å²) in [5.74, 6) is 6.46. The van der Waals surface area contributed by atoms with Gasteiger partial charge in [-0.15, -0.1) is 11.3 Å². The SMILES string of the molecule is CC1CCCN(Cc2cc(C#CCO)cs2)C1C. The van der Waals surface area contributed by atoms with E-state index in [4.69, 9.17) is 5.11 Å². The lowest BCUT2D eigenvalue weighted by Crippen LogP contribution is -2.41. The topological polar surface area (TPSA) is 23.5 Å². The fourth-order valence-electron chi connectivity index (χ4n) is 2.51. The molecule has 98 valence electrons. The van der Waals surface area contributed by atoms with Crippen molar-refractivity contribution in [2.24, 2.45) is 5.92 Å². The maximum Gasteiger partial charge on any atom is 0.104 e. The smallest absolute Gasteiger partial charge is 0.104 e. The van der Waals surface area contributed by atoms with E-state index in [0.717, 1.165) is 18.0 Å². The summed E-state index contributed by atoms with van der Waals surface area (Å²) in [4.78, 5) is 3.95. The van der Waals surface area contributed by atoms with Crippen LogP contribution in [-0.4, -0.2) is 29.2 Å². The van der Waals surface area contributed by atoms with Crippen molar-refractivity contribution in [1.29, 1.82) is 0 Å². The fourth-order valence-corrected chi connectivity index (χ4v) is 3.36. The Morgan fingerprint density at radius 2 is 2.33 bits per heavy atom. The van der Waals surface area contributed by atoms with Gasteiger partial charge in [0.15, 0.2) is 0 Å². The monoisotopic (exact) mass is 263 g/mol. The van der Waals surface area contributed by atoms with Crippen LogP contribution in [0.2, 0.25) is 0 Å². The van der Waals surface area contributed by atoms with E-state index in [1.54, 1.807) is 11.3 Å². The molecular formula is C15H21NOS. The minimum Gasteiger partial charge on any atom is -0.384 e. The lowest BCUT2D eigenvalue weighted by Gasteiger charge is -2.37. The predicted octanol–water partition coefficient (Wildman–Crippen LogP) is 2.71. The zero-order valence-corrected chi connectivity index (χ0v) is 12.0. The van der Waals surface area contributed by atoms with Crippen LogP contribution in [0.4, 0.5) is 0 Å². The lowest BCUT2D eigenvalue weighted by atomic mass is 9.92. The van der Waals surface area contributed by atoms with Crippen LogP contribution in [0.3, 0.4) is 0 Å². The van der Waals surface area contributed by atoms with Gasteiger partial charge in [0.2, 0.25) is 0 Å². The summed E-state index contributed by atoms with van der Waals surface area (Å²) >= 11 is 1.77. The number of nitrogens with zero attached hydrogens (tertiary/aromatic N) is 1. The van der Waals surface area contributed by atoms with Crippen LogP contribution in [0.5, 0.6) is 0 Å². The molecule has 1 N–H and O–H groups in total. The van der Waals surface area contributed by atoms with E-state index >= 15 is 0 Å². The van der Waals surface area contributed by atoms with Crippen LogP contribution in [0, 0.1) is 17.8 Å². The molecule has 1 aromatic heterocycles. The van der Waals surface area contributed by atoms with Crippen molar-refractivity contribution in [3.63, 3.8) is 0 Å². The molecule has 0 aromatic carbocycles. The Bertz CT molecular complexity index is 443. The first-order valence-electron chi connectivity index (χ1n) is 6.62. The summed E-state index contributed by atoms with van der Waals surface area (Å²) in [5.41, 5.74) is 1.03. The maximum atomic E-state index is 8.68. The molecule has 0 spiro atoms. The van der Waals surface area contributed by atoms with Gasteiger partial charge in [-0.25, -0.2) is 0 Å². The van der Waals surface area contributed by atoms with Crippen LogP contribution in [0.1, 0.15) is 37.1 Å². The van der Waals surface area contributed by atoms with E-state index in [0.29, 0.717) is 6.04 Å². The summed E-state index contributed by atoms with van der Waals surface area (Å²) in [6.07, 6.45) is 2.67. The van der Waals surface area contributed by atoms with Gasteiger partial charge in [-0.1, -0.05) is 18.8 Å². The molecule has 3 heteroatoms. The summed E-state index contributed by atoms with van der Waals surface area (Å²) < 4.78 is 0. The third-order valence-corrected chi connectivity index (χ3v) is 4.75. The second-order valence-electron chi connectivity index (χ2n) is 5.09. The highest BCUT2D eigenvalue weighted by molar-refractivity contribution is 7.10.